The number of hydrogen-bond donors (Lipinski definition) is 0. The average Bonchev–Trinajstić information content (AvgIpc) is 2.90. The molecule has 0 aliphatic carbocycles. The first kappa shape index (κ1) is 27.2. The molecule has 0 fully saturated rings. The molecule has 5 nitrogen and oxygen atoms in total. The lowest BCUT2D eigenvalue weighted by atomic mass is 9.92. The quantitative estimate of drug-likeness (QED) is 0.121. The molecule has 3 aromatic rings. The van der Waals surface area contributed by atoms with Gasteiger partial charge >= 0.3 is 11.9 Å². The molecule has 0 spiro atoms. The van der Waals surface area contributed by atoms with Crippen LogP contribution in [0.2, 0.25) is 0 Å². The van der Waals surface area contributed by atoms with Crippen molar-refractivity contribution in [1.82, 2.24) is 0 Å². The smallest absolute Gasteiger partial charge is 0.333 e. The molecule has 186 valence electrons. The van der Waals surface area contributed by atoms with Crippen LogP contribution in [0.5, 0.6) is 5.75 Å². The summed E-state index contributed by atoms with van der Waals surface area (Å²) < 4.78 is 16.8. The van der Waals surface area contributed by atoms with E-state index in [1.165, 1.54) is 11.8 Å². The van der Waals surface area contributed by atoms with Crippen molar-refractivity contribution in [1.29, 1.82) is 0 Å². The molecule has 0 radical (unpaired) electrons. The van der Waals surface area contributed by atoms with Crippen LogP contribution in [-0.2, 0) is 19.1 Å². The summed E-state index contributed by atoms with van der Waals surface area (Å²) in [4.78, 5) is 24.8. The summed E-state index contributed by atoms with van der Waals surface area (Å²) in [7, 11) is 0. The number of ether oxygens (including phenoxy) is 3. The largest absolute Gasteiger partial charge is 0.462 e. The predicted molar refractivity (Wildman–Crippen MR) is 147 cm³/mol. The van der Waals surface area contributed by atoms with Crippen LogP contribution in [0.3, 0.4) is 0 Å². The summed E-state index contributed by atoms with van der Waals surface area (Å²) in [5.41, 5.74) is 2.14. The Morgan fingerprint density at radius 1 is 0.833 bits per heavy atom. The molecule has 7 heteroatoms. The first-order chi connectivity index (χ1) is 17.4. The van der Waals surface area contributed by atoms with Crippen LogP contribution < -0.4 is 4.74 Å². The summed E-state index contributed by atoms with van der Waals surface area (Å²) in [5, 5.41) is -0.165. The number of hydrogen-bond acceptors (Lipinski definition) is 7. The lowest BCUT2D eigenvalue weighted by Gasteiger charge is -2.23. The van der Waals surface area contributed by atoms with Gasteiger partial charge in [-0.05, 0) is 48.8 Å². The van der Waals surface area contributed by atoms with Crippen LogP contribution >= 0.6 is 24.0 Å². The summed E-state index contributed by atoms with van der Waals surface area (Å²) in [6.07, 6.45) is 0.432. The Balaban J connectivity index is 1.75. The number of rotatable bonds is 11. The molecule has 0 saturated heterocycles. The Morgan fingerprint density at radius 3 is 1.94 bits per heavy atom. The van der Waals surface area contributed by atoms with Gasteiger partial charge in [-0.25, -0.2) is 4.79 Å². The molecule has 36 heavy (non-hydrogen) atoms. The zero-order chi connectivity index (χ0) is 25.8. The summed E-state index contributed by atoms with van der Waals surface area (Å²) >= 11 is 6.94. The fourth-order valence-corrected chi connectivity index (χ4v) is 4.82. The Kier molecular flexibility index (Phi) is 10.7. The van der Waals surface area contributed by atoms with Crippen molar-refractivity contribution < 1.29 is 23.8 Å². The van der Waals surface area contributed by atoms with Crippen molar-refractivity contribution in [3.05, 3.63) is 114 Å². The molecule has 0 N–H and O–H groups in total. The van der Waals surface area contributed by atoms with Gasteiger partial charge in [-0.15, -0.1) is 0 Å². The van der Waals surface area contributed by atoms with E-state index in [4.69, 9.17) is 26.4 Å². The van der Waals surface area contributed by atoms with Gasteiger partial charge < -0.3 is 14.2 Å². The van der Waals surface area contributed by atoms with Crippen LogP contribution in [0.4, 0.5) is 0 Å². The molecular formula is C29H28O5S2. The second-order valence-electron chi connectivity index (χ2n) is 7.97. The molecule has 3 aromatic carbocycles. The Morgan fingerprint density at radius 2 is 1.36 bits per heavy atom. The van der Waals surface area contributed by atoms with Crippen molar-refractivity contribution in [3.63, 3.8) is 0 Å². The van der Waals surface area contributed by atoms with Gasteiger partial charge in [0, 0.05) is 10.8 Å². The van der Waals surface area contributed by atoms with Gasteiger partial charge in [0.05, 0.1) is 5.92 Å². The van der Waals surface area contributed by atoms with Crippen LogP contribution in [0.25, 0.3) is 0 Å². The van der Waals surface area contributed by atoms with E-state index in [2.05, 4.69) is 6.58 Å². The van der Waals surface area contributed by atoms with Gasteiger partial charge in [0.2, 0.25) is 4.38 Å². The highest BCUT2D eigenvalue weighted by atomic mass is 32.2. The molecule has 0 aliphatic heterocycles. The zero-order valence-corrected chi connectivity index (χ0v) is 21.6. The van der Waals surface area contributed by atoms with Crippen molar-refractivity contribution >= 4 is 40.3 Å². The van der Waals surface area contributed by atoms with Crippen molar-refractivity contribution in [2.45, 2.75) is 24.5 Å². The third kappa shape index (κ3) is 8.66. The maximum atomic E-state index is 13.2. The second-order valence-corrected chi connectivity index (χ2v) is 9.77. The lowest BCUT2D eigenvalue weighted by Crippen LogP contribution is -2.21. The van der Waals surface area contributed by atoms with E-state index in [1.54, 1.807) is 6.92 Å². The minimum Gasteiger partial charge on any atom is -0.462 e. The Hall–Kier alpha value is -3.42. The van der Waals surface area contributed by atoms with Crippen LogP contribution in [0.15, 0.2) is 103 Å². The molecule has 2 unspecified atom stereocenters. The van der Waals surface area contributed by atoms with Gasteiger partial charge in [0.15, 0.2) is 0 Å². The molecular weight excluding hydrogens is 492 g/mol. The van der Waals surface area contributed by atoms with Gasteiger partial charge in [0.1, 0.15) is 19.0 Å². The molecule has 0 bridgehead atoms. The maximum Gasteiger partial charge on any atom is 0.333 e. The number of carbonyl (C=O) groups excluding carboxylic acids is 2. The highest BCUT2D eigenvalue weighted by Gasteiger charge is 2.28. The number of esters is 2. The second kappa shape index (κ2) is 14.2. The molecule has 0 amide bonds. The highest BCUT2D eigenvalue weighted by molar-refractivity contribution is 8.22. The monoisotopic (exact) mass is 520 g/mol. The fourth-order valence-electron chi connectivity index (χ4n) is 3.41. The van der Waals surface area contributed by atoms with Gasteiger partial charge in [0.25, 0.3) is 0 Å². The predicted octanol–water partition coefficient (Wildman–Crippen LogP) is 6.66. The third-order valence-electron chi connectivity index (χ3n) is 5.20. The highest BCUT2D eigenvalue weighted by Crippen LogP contribution is 2.39. The molecule has 3 rings (SSSR count). The van der Waals surface area contributed by atoms with Gasteiger partial charge in [-0.1, -0.05) is 97.2 Å². The van der Waals surface area contributed by atoms with Crippen molar-refractivity contribution in [2.75, 3.05) is 13.2 Å². The average molecular weight is 521 g/mol. The molecule has 0 aromatic heterocycles. The van der Waals surface area contributed by atoms with Crippen molar-refractivity contribution in [3.8, 4) is 5.75 Å². The summed E-state index contributed by atoms with van der Waals surface area (Å²) in [6.45, 7) is 5.03. The van der Waals surface area contributed by atoms with E-state index in [9.17, 15) is 9.59 Å². The fraction of sp³-hybridized carbons (Fsp3) is 0.207. The van der Waals surface area contributed by atoms with E-state index in [-0.39, 0.29) is 18.5 Å². The first-order valence-electron chi connectivity index (χ1n) is 11.5. The van der Waals surface area contributed by atoms with E-state index in [1.807, 2.05) is 91.0 Å². The molecule has 2 atom stereocenters. The Bertz CT molecular complexity index is 1150. The third-order valence-corrected chi connectivity index (χ3v) is 6.60. The van der Waals surface area contributed by atoms with E-state index in [0.29, 0.717) is 22.1 Å². The van der Waals surface area contributed by atoms with Crippen molar-refractivity contribution in [2.24, 2.45) is 0 Å². The normalized spacial score (nSPS) is 12.1. The van der Waals surface area contributed by atoms with Gasteiger partial charge in [-0.3, -0.25) is 4.79 Å². The maximum absolute atomic E-state index is 13.2. The Labute approximate surface area is 221 Å². The SMILES string of the molecule is C=C(C)C(=O)OCCOC(=O)C(CC(SC(=S)Oc1ccccc1)c1ccccc1)c1ccccc1. The number of thioether (sulfide) groups is 1. The number of thiocarbonyl (C=S) groups is 1. The topological polar surface area (TPSA) is 61.8 Å². The van der Waals surface area contributed by atoms with Crippen LogP contribution in [0.1, 0.15) is 35.6 Å². The van der Waals surface area contributed by atoms with E-state index >= 15 is 0 Å². The number of para-hydroxylation sites is 1. The summed E-state index contributed by atoms with van der Waals surface area (Å²) in [6, 6.07) is 28.7. The molecule has 0 aliphatic rings. The minimum atomic E-state index is -0.555. The molecule has 0 heterocycles. The van der Waals surface area contributed by atoms with Gasteiger partial charge in [-0.2, -0.15) is 0 Å². The lowest BCUT2D eigenvalue weighted by molar-refractivity contribution is -0.151. The van der Waals surface area contributed by atoms with Crippen LogP contribution in [-0.4, -0.2) is 29.5 Å². The summed E-state index contributed by atoms with van der Waals surface area (Å²) in [5.74, 6) is -0.812. The standard InChI is InChI=1S/C29H28O5S2/c1-21(2)27(30)32-18-19-33-28(31)25(22-12-6-3-7-13-22)20-26(23-14-8-4-9-15-23)36-29(35)34-24-16-10-5-11-17-24/h3-17,25-26H,1,18-20H2,2H3. The number of benzene rings is 3. The van der Waals surface area contributed by atoms with E-state index in [0.717, 1.165) is 11.1 Å². The number of carbonyl (C=O) groups is 2. The minimum absolute atomic E-state index is 0.0369. The van der Waals surface area contributed by atoms with E-state index < -0.39 is 17.9 Å². The molecule has 0 saturated carbocycles. The zero-order valence-electron chi connectivity index (χ0n) is 20.0. The van der Waals surface area contributed by atoms with Crippen LogP contribution in [0, 0.1) is 0 Å². The first-order valence-corrected chi connectivity index (χ1v) is 12.8.